The Kier molecular flexibility index (Phi) is 4.38. The zero-order valence-electron chi connectivity index (χ0n) is 17.6. The molecule has 0 unspecified atom stereocenters. The molecule has 0 radical (unpaired) electrons. The highest BCUT2D eigenvalue weighted by molar-refractivity contribution is 5.90. The van der Waals surface area contributed by atoms with Gasteiger partial charge in [0.2, 0.25) is 5.43 Å². The van der Waals surface area contributed by atoms with E-state index < -0.39 is 11.9 Å². The minimum atomic E-state index is -0.705. The Morgan fingerprint density at radius 2 is 1.59 bits per heavy atom. The minimum Gasteiger partial charge on any atom is -0.508 e. The quantitative estimate of drug-likeness (QED) is 0.305. The highest BCUT2D eigenvalue weighted by Crippen LogP contribution is 2.42. The molecule has 1 aliphatic heterocycles. The summed E-state index contributed by atoms with van der Waals surface area (Å²) in [6.45, 7) is 0. The molecule has 0 fully saturated rings. The number of phenolic OH excluding ortho intramolecular Hbond substituents is 1. The molecule has 2 aromatic heterocycles. The maximum Gasteiger partial charge on any atom is 0.312 e. The van der Waals surface area contributed by atoms with Crippen molar-refractivity contribution in [2.75, 3.05) is 0 Å². The molecule has 7 nitrogen and oxygen atoms in total. The number of aromatic hydroxyl groups is 1. The highest BCUT2D eigenvalue weighted by Gasteiger charge is 2.34. The van der Waals surface area contributed by atoms with Crippen LogP contribution in [0.1, 0.15) is 23.5 Å². The lowest BCUT2D eigenvalue weighted by Gasteiger charge is -2.25. The molecule has 0 saturated carbocycles. The molecule has 3 heterocycles. The van der Waals surface area contributed by atoms with E-state index in [0.29, 0.717) is 27.7 Å². The van der Waals surface area contributed by atoms with Crippen LogP contribution in [-0.4, -0.2) is 11.1 Å². The molecule has 0 amide bonds. The van der Waals surface area contributed by atoms with Crippen molar-refractivity contribution in [2.45, 2.75) is 12.3 Å². The van der Waals surface area contributed by atoms with E-state index in [4.69, 9.17) is 13.6 Å². The molecule has 166 valence electrons. The smallest absolute Gasteiger partial charge is 0.312 e. The van der Waals surface area contributed by atoms with E-state index in [1.807, 2.05) is 0 Å². The number of esters is 1. The lowest BCUT2D eigenvalue weighted by Crippen LogP contribution is -2.25. The molecule has 1 N–H and O–H groups in total. The van der Waals surface area contributed by atoms with Gasteiger partial charge in [-0.3, -0.25) is 14.4 Å². The van der Waals surface area contributed by atoms with Crippen molar-refractivity contribution in [1.29, 1.82) is 0 Å². The van der Waals surface area contributed by atoms with Crippen LogP contribution in [0.3, 0.4) is 0 Å². The number of phenols is 1. The van der Waals surface area contributed by atoms with E-state index >= 15 is 0 Å². The maximum atomic E-state index is 13.3. The molecule has 1 aliphatic rings. The van der Waals surface area contributed by atoms with Crippen LogP contribution in [0.15, 0.2) is 91.6 Å². The largest absolute Gasteiger partial charge is 0.508 e. The van der Waals surface area contributed by atoms with Crippen LogP contribution in [0.4, 0.5) is 0 Å². The van der Waals surface area contributed by atoms with Crippen molar-refractivity contribution in [1.82, 2.24) is 0 Å². The van der Waals surface area contributed by atoms with Crippen molar-refractivity contribution in [3.8, 4) is 22.6 Å². The summed E-state index contributed by atoms with van der Waals surface area (Å²) in [7, 11) is 0. The summed E-state index contributed by atoms with van der Waals surface area (Å²) in [4.78, 5) is 39.0. The minimum absolute atomic E-state index is 0.0851. The molecule has 34 heavy (non-hydrogen) atoms. The lowest BCUT2D eigenvalue weighted by atomic mass is 9.85. The van der Waals surface area contributed by atoms with Crippen LogP contribution in [0.5, 0.6) is 11.5 Å². The summed E-state index contributed by atoms with van der Waals surface area (Å²) in [6.07, 6.45) is 2.60. The Bertz CT molecular complexity index is 1730. The Balaban J connectivity index is 1.59. The molecule has 0 saturated heterocycles. The number of benzene rings is 3. The van der Waals surface area contributed by atoms with Gasteiger partial charge in [0.05, 0.1) is 29.0 Å². The fourth-order valence-electron chi connectivity index (χ4n) is 4.49. The monoisotopic (exact) mass is 452 g/mol. The first kappa shape index (κ1) is 20.0. The Hall–Kier alpha value is -4.65. The standard InChI is InChI=1S/C27H16O7/c28-15-7-5-14(6-8-15)19-12-33-27-17(26(19)31)9-10-22-24(27)18(11-23(29)34-22)20-13-32-21-4-2-1-3-16(21)25(20)30/h1-10,12-13,18,28H,11H2/t18-/m0/s1. The molecule has 6 rings (SSSR count). The molecular weight excluding hydrogens is 436 g/mol. The molecule has 5 aromatic rings. The van der Waals surface area contributed by atoms with Crippen molar-refractivity contribution in [2.24, 2.45) is 0 Å². The second-order valence-corrected chi connectivity index (χ2v) is 8.13. The van der Waals surface area contributed by atoms with E-state index in [9.17, 15) is 19.5 Å². The fraction of sp³-hybridized carbons (Fsp3) is 0.0741. The lowest BCUT2D eigenvalue weighted by molar-refractivity contribution is -0.135. The Morgan fingerprint density at radius 1 is 0.794 bits per heavy atom. The number of hydrogen-bond acceptors (Lipinski definition) is 7. The van der Waals surface area contributed by atoms with Gasteiger partial charge in [0.1, 0.15) is 28.9 Å². The molecule has 7 heteroatoms. The number of para-hydroxylation sites is 1. The van der Waals surface area contributed by atoms with Gasteiger partial charge in [-0.1, -0.05) is 24.3 Å². The first-order valence-electron chi connectivity index (χ1n) is 10.6. The number of ether oxygens (including phenoxy) is 1. The summed E-state index contributed by atoms with van der Waals surface area (Å²) in [6, 6.07) is 16.2. The highest BCUT2D eigenvalue weighted by atomic mass is 16.5. The average molecular weight is 452 g/mol. The van der Waals surface area contributed by atoms with Crippen molar-refractivity contribution in [3.63, 3.8) is 0 Å². The number of carbonyl (C=O) groups excluding carboxylic acids is 1. The van der Waals surface area contributed by atoms with Crippen LogP contribution in [0, 0.1) is 0 Å². The summed E-state index contributed by atoms with van der Waals surface area (Å²) in [5.41, 5.74) is 1.80. The number of fused-ring (bicyclic) bond motifs is 4. The molecular formula is C27H16O7. The summed E-state index contributed by atoms with van der Waals surface area (Å²) >= 11 is 0. The van der Waals surface area contributed by atoms with Crippen LogP contribution >= 0.6 is 0 Å². The number of rotatable bonds is 2. The second kappa shape index (κ2) is 7.45. The molecule has 1 atom stereocenters. The zero-order valence-corrected chi connectivity index (χ0v) is 17.6. The van der Waals surface area contributed by atoms with Gasteiger partial charge in [-0.05, 0) is 42.0 Å². The van der Waals surface area contributed by atoms with E-state index in [1.165, 1.54) is 24.7 Å². The van der Waals surface area contributed by atoms with Crippen LogP contribution in [0.25, 0.3) is 33.1 Å². The number of carbonyl (C=O) groups is 1. The SMILES string of the molecule is O=C1C[C@@H](c2coc3ccccc3c2=O)c2c(ccc3c(=O)c(-c4ccc(O)cc4)coc23)O1. The topological polar surface area (TPSA) is 107 Å². The third-order valence-electron chi connectivity index (χ3n) is 6.14. The van der Waals surface area contributed by atoms with Gasteiger partial charge in [0, 0.05) is 17.0 Å². The van der Waals surface area contributed by atoms with Crippen LogP contribution in [0.2, 0.25) is 0 Å². The summed E-state index contributed by atoms with van der Waals surface area (Å²) < 4.78 is 17.0. The molecule has 0 spiro atoms. The van der Waals surface area contributed by atoms with Crippen LogP contribution < -0.4 is 15.6 Å². The van der Waals surface area contributed by atoms with Crippen molar-refractivity contribution >= 4 is 27.9 Å². The van der Waals surface area contributed by atoms with Gasteiger partial charge in [-0.15, -0.1) is 0 Å². The third-order valence-corrected chi connectivity index (χ3v) is 6.14. The fourth-order valence-corrected chi connectivity index (χ4v) is 4.49. The van der Waals surface area contributed by atoms with Gasteiger partial charge in [-0.2, -0.15) is 0 Å². The average Bonchev–Trinajstić information content (AvgIpc) is 2.84. The van der Waals surface area contributed by atoms with E-state index in [1.54, 1.807) is 48.5 Å². The van der Waals surface area contributed by atoms with E-state index in [0.717, 1.165) is 0 Å². The van der Waals surface area contributed by atoms with Gasteiger partial charge in [-0.25, -0.2) is 0 Å². The molecule has 0 aliphatic carbocycles. The van der Waals surface area contributed by atoms with Gasteiger partial charge >= 0.3 is 5.97 Å². The normalized spacial score (nSPS) is 15.3. The predicted molar refractivity (Wildman–Crippen MR) is 124 cm³/mol. The zero-order chi connectivity index (χ0) is 23.4. The Labute approximate surface area is 191 Å². The maximum absolute atomic E-state index is 13.3. The van der Waals surface area contributed by atoms with Gasteiger partial charge < -0.3 is 18.7 Å². The second-order valence-electron chi connectivity index (χ2n) is 8.13. The number of hydrogen-bond donors (Lipinski definition) is 1. The first-order valence-corrected chi connectivity index (χ1v) is 10.6. The van der Waals surface area contributed by atoms with Gasteiger partial charge in [0.25, 0.3) is 0 Å². The Morgan fingerprint density at radius 3 is 2.41 bits per heavy atom. The van der Waals surface area contributed by atoms with E-state index in [-0.39, 0.29) is 45.3 Å². The summed E-state index contributed by atoms with van der Waals surface area (Å²) in [5, 5.41) is 10.2. The third kappa shape index (κ3) is 3.02. The van der Waals surface area contributed by atoms with E-state index in [2.05, 4.69) is 0 Å². The van der Waals surface area contributed by atoms with Crippen molar-refractivity contribution < 1.29 is 23.5 Å². The first-order chi connectivity index (χ1) is 16.5. The molecule has 0 bridgehead atoms. The van der Waals surface area contributed by atoms with Crippen LogP contribution in [-0.2, 0) is 4.79 Å². The summed E-state index contributed by atoms with van der Waals surface area (Å²) in [5.74, 6) is -0.875. The predicted octanol–water partition coefficient (Wildman–Crippen LogP) is 4.71. The van der Waals surface area contributed by atoms with Crippen molar-refractivity contribution in [3.05, 3.63) is 105 Å². The molecule has 3 aromatic carbocycles. The van der Waals surface area contributed by atoms with Gasteiger partial charge in [0.15, 0.2) is 5.43 Å².